The fourth-order valence-electron chi connectivity index (χ4n) is 2.12. The highest BCUT2D eigenvalue weighted by atomic mass is 32.1. The van der Waals surface area contributed by atoms with Gasteiger partial charge < -0.3 is 15.0 Å². The molecule has 3 nitrogen and oxygen atoms in total. The summed E-state index contributed by atoms with van der Waals surface area (Å²) >= 11 is 5.60. The zero-order valence-corrected chi connectivity index (χ0v) is 14.0. The number of hydrogen-bond donors (Lipinski definition) is 1. The average Bonchev–Trinajstić information content (AvgIpc) is 2.47. The summed E-state index contributed by atoms with van der Waals surface area (Å²) in [5.41, 5.74) is 0.964. The molecule has 4 heteroatoms. The Morgan fingerprint density at radius 1 is 1.25 bits per heavy atom. The Kier molecular flexibility index (Phi) is 6.79. The van der Waals surface area contributed by atoms with Gasteiger partial charge in [0.05, 0.1) is 7.11 Å². The molecule has 0 bridgehead atoms. The number of ether oxygens (including phenoxy) is 1. The maximum absolute atomic E-state index is 5.60. The average molecular weight is 294 g/mol. The molecule has 0 spiro atoms. The van der Waals surface area contributed by atoms with Gasteiger partial charge >= 0.3 is 0 Å². The minimum absolute atomic E-state index is 0.426. The van der Waals surface area contributed by atoms with Crippen LogP contribution in [0.3, 0.4) is 0 Å². The van der Waals surface area contributed by atoms with Gasteiger partial charge in [0.15, 0.2) is 5.11 Å². The van der Waals surface area contributed by atoms with E-state index in [1.807, 2.05) is 24.3 Å². The first-order chi connectivity index (χ1) is 9.53. The van der Waals surface area contributed by atoms with E-state index < -0.39 is 0 Å². The van der Waals surface area contributed by atoms with Gasteiger partial charge in [-0.05, 0) is 51.0 Å². The normalized spacial score (nSPS) is 13.4. The molecule has 0 radical (unpaired) electrons. The van der Waals surface area contributed by atoms with Crippen molar-refractivity contribution in [3.05, 3.63) is 24.3 Å². The van der Waals surface area contributed by atoms with Crippen LogP contribution in [0.2, 0.25) is 0 Å². The van der Waals surface area contributed by atoms with Crippen molar-refractivity contribution in [3.8, 4) is 5.75 Å². The van der Waals surface area contributed by atoms with Crippen molar-refractivity contribution >= 4 is 23.0 Å². The van der Waals surface area contributed by atoms with Crippen LogP contribution in [-0.2, 0) is 0 Å². The molecule has 1 N–H and O–H groups in total. The van der Waals surface area contributed by atoms with Crippen LogP contribution in [0.25, 0.3) is 0 Å². The summed E-state index contributed by atoms with van der Waals surface area (Å²) in [5, 5.41) is 4.10. The lowest BCUT2D eigenvalue weighted by Gasteiger charge is -2.36. The van der Waals surface area contributed by atoms with Crippen molar-refractivity contribution in [1.82, 2.24) is 4.90 Å². The quantitative estimate of drug-likeness (QED) is 0.791. The number of benzene rings is 1. The Morgan fingerprint density at radius 3 is 2.35 bits per heavy atom. The van der Waals surface area contributed by atoms with Crippen molar-refractivity contribution in [2.75, 3.05) is 12.4 Å². The summed E-state index contributed by atoms with van der Waals surface area (Å²) in [4.78, 5) is 2.29. The predicted octanol–water partition coefficient (Wildman–Crippen LogP) is 4.29. The minimum Gasteiger partial charge on any atom is -0.497 e. The van der Waals surface area contributed by atoms with Gasteiger partial charge in [-0.2, -0.15) is 0 Å². The van der Waals surface area contributed by atoms with E-state index in [1.165, 1.54) is 0 Å². The molecule has 0 aromatic heterocycles. The van der Waals surface area contributed by atoms with E-state index in [4.69, 9.17) is 17.0 Å². The Bertz CT molecular complexity index is 426. The van der Waals surface area contributed by atoms with Crippen LogP contribution in [0.5, 0.6) is 5.75 Å². The summed E-state index contributed by atoms with van der Waals surface area (Å²) in [7, 11) is 1.67. The lowest BCUT2D eigenvalue weighted by atomic mass is 10.1. The van der Waals surface area contributed by atoms with E-state index in [-0.39, 0.29) is 0 Å². The van der Waals surface area contributed by atoms with Crippen molar-refractivity contribution in [2.24, 2.45) is 0 Å². The largest absolute Gasteiger partial charge is 0.497 e. The molecule has 2 atom stereocenters. The molecule has 0 fully saturated rings. The van der Waals surface area contributed by atoms with E-state index in [9.17, 15) is 0 Å². The number of hydrogen-bond acceptors (Lipinski definition) is 2. The number of rotatable bonds is 6. The molecule has 1 aromatic carbocycles. The van der Waals surface area contributed by atoms with Crippen LogP contribution in [0.4, 0.5) is 5.69 Å². The molecule has 2 unspecified atom stereocenters. The van der Waals surface area contributed by atoms with Crippen LogP contribution in [0.1, 0.15) is 40.5 Å². The van der Waals surface area contributed by atoms with Gasteiger partial charge in [-0.15, -0.1) is 0 Å². The van der Waals surface area contributed by atoms with E-state index in [2.05, 4.69) is 37.9 Å². The van der Waals surface area contributed by atoms with Crippen LogP contribution in [0, 0.1) is 0 Å². The molecule has 0 aliphatic rings. The standard InChI is InChI=1S/C16H26N2OS/c1-6-12(3)18(13(4)7-2)16(20)17-14-9-8-10-15(11-14)19-5/h8-13H,6-7H2,1-5H3,(H,17,20). The van der Waals surface area contributed by atoms with Gasteiger partial charge in [0.25, 0.3) is 0 Å². The van der Waals surface area contributed by atoms with Gasteiger partial charge in [-0.25, -0.2) is 0 Å². The molecule has 0 saturated heterocycles. The Labute approximate surface area is 128 Å². The van der Waals surface area contributed by atoms with Gasteiger partial charge in [-0.3, -0.25) is 0 Å². The molecular weight excluding hydrogens is 268 g/mol. The number of anilines is 1. The molecule has 0 heterocycles. The highest BCUT2D eigenvalue weighted by Crippen LogP contribution is 2.19. The third-order valence-electron chi connectivity index (χ3n) is 3.69. The Morgan fingerprint density at radius 2 is 1.85 bits per heavy atom. The number of nitrogens with zero attached hydrogens (tertiary/aromatic N) is 1. The van der Waals surface area contributed by atoms with Crippen molar-refractivity contribution < 1.29 is 4.74 Å². The second-order valence-corrected chi connectivity index (χ2v) is 5.47. The van der Waals surface area contributed by atoms with E-state index in [0.717, 1.165) is 29.4 Å². The summed E-state index contributed by atoms with van der Waals surface area (Å²) < 4.78 is 5.24. The lowest BCUT2D eigenvalue weighted by Crippen LogP contribution is -2.46. The maximum Gasteiger partial charge on any atom is 0.173 e. The summed E-state index contributed by atoms with van der Waals surface area (Å²) in [6.07, 6.45) is 2.15. The zero-order valence-electron chi connectivity index (χ0n) is 13.1. The fraction of sp³-hybridized carbons (Fsp3) is 0.562. The third-order valence-corrected chi connectivity index (χ3v) is 4.00. The van der Waals surface area contributed by atoms with Gasteiger partial charge in [0.1, 0.15) is 5.75 Å². The molecule has 0 aliphatic heterocycles. The maximum atomic E-state index is 5.60. The van der Waals surface area contributed by atoms with E-state index in [1.54, 1.807) is 7.11 Å². The molecule has 1 rings (SSSR count). The first-order valence-electron chi connectivity index (χ1n) is 7.26. The second kappa shape index (κ2) is 8.10. The summed E-state index contributed by atoms with van der Waals surface area (Å²) in [6, 6.07) is 8.69. The molecule has 20 heavy (non-hydrogen) atoms. The number of nitrogens with one attached hydrogen (secondary N) is 1. The Balaban J connectivity index is 2.84. The van der Waals surface area contributed by atoms with E-state index >= 15 is 0 Å². The van der Waals surface area contributed by atoms with Gasteiger partial charge in [0.2, 0.25) is 0 Å². The molecule has 0 aliphatic carbocycles. The van der Waals surface area contributed by atoms with Crippen molar-refractivity contribution in [1.29, 1.82) is 0 Å². The fourth-order valence-corrected chi connectivity index (χ4v) is 2.59. The van der Waals surface area contributed by atoms with Crippen LogP contribution < -0.4 is 10.1 Å². The van der Waals surface area contributed by atoms with Crippen molar-refractivity contribution in [2.45, 2.75) is 52.6 Å². The van der Waals surface area contributed by atoms with Crippen LogP contribution >= 0.6 is 12.2 Å². The first kappa shape index (κ1) is 16.8. The van der Waals surface area contributed by atoms with Crippen LogP contribution in [-0.4, -0.2) is 29.2 Å². The lowest BCUT2D eigenvalue weighted by molar-refractivity contribution is 0.254. The third kappa shape index (κ3) is 4.37. The van der Waals surface area contributed by atoms with Crippen molar-refractivity contribution in [3.63, 3.8) is 0 Å². The SMILES string of the molecule is CCC(C)N(C(=S)Nc1cccc(OC)c1)C(C)CC. The Hall–Kier alpha value is -1.29. The summed E-state index contributed by atoms with van der Waals surface area (Å²) in [5.74, 6) is 0.830. The topological polar surface area (TPSA) is 24.5 Å². The van der Waals surface area contributed by atoms with Crippen LogP contribution in [0.15, 0.2) is 24.3 Å². The predicted molar refractivity (Wildman–Crippen MR) is 90.6 cm³/mol. The number of methoxy groups -OCH3 is 1. The van der Waals surface area contributed by atoms with Gasteiger partial charge in [0, 0.05) is 23.8 Å². The monoisotopic (exact) mass is 294 g/mol. The minimum atomic E-state index is 0.426. The zero-order chi connectivity index (χ0) is 15.1. The molecule has 0 amide bonds. The smallest absolute Gasteiger partial charge is 0.173 e. The molecule has 0 saturated carbocycles. The summed E-state index contributed by atoms with van der Waals surface area (Å²) in [6.45, 7) is 8.81. The molecule has 112 valence electrons. The highest BCUT2D eigenvalue weighted by molar-refractivity contribution is 7.80. The highest BCUT2D eigenvalue weighted by Gasteiger charge is 2.20. The molecule has 1 aromatic rings. The second-order valence-electron chi connectivity index (χ2n) is 5.08. The van der Waals surface area contributed by atoms with Gasteiger partial charge in [-0.1, -0.05) is 19.9 Å². The molecular formula is C16H26N2OS. The number of thiocarbonyl (C=S) groups is 1. The van der Waals surface area contributed by atoms with E-state index in [0.29, 0.717) is 12.1 Å². The first-order valence-corrected chi connectivity index (χ1v) is 7.67.